The summed E-state index contributed by atoms with van der Waals surface area (Å²) in [6, 6.07) is 19.1. The van der Waals surface area contributed by atoms with Gasteiger partial charge >= 0.3 is 10.1 Å². The fourth-order valence-electron chi connectivity index (χ4n) is 2.20. The lowest BCUT2D eigenvalue weighted by Gasteiger charge is -2.16. The summed E-state index contributed by atoms with van der Waals surface area (Å²) in [5, 5.41) is 0. The standard InChI is InChI=1S/C16H18O3S2/c1-2-9-16(21(17,18)19)20(14-10-5-3-6-11-14)15-12-7-4-8-13-15/h3-8,10-13,16H,2,9H2,1H3/p+1. The molecule has 0 aliphatic heterocycles. The third-order valence-electron chi connectivity index (χ3n) is 3.11. The number of hydrogen-bond acceptors (Lipinski definition) is 2. The molecule has 0 saturated heterocycles. The molecule has 1 unspecified atom stereocenters. The van der Waals surface area contributed by atoms with Gasteiger partial charge in [0, 0.05) is 6.42 Å². The van der Waals surface area contributed by atoms with Crippen LogP contribution in [0, 0.1) is 0 Å². The van der Waals surface area contributed by atoms with Crippen molar-refractivity contribution < 1.29 is 13.0 Å². The predicted molar refractivity (Wildman–Crippen MR) is 87.0 cm³/mol. The van der Waals surface area contributed by atoms with Crippen molar-refractivity contribution in [1.82, 2.24) is 0 Å². The van der Waals surface area contributed by atoms with Gasteiger partial charge in [-0.2, -0.15) is 8.42 Å². The molecule has 0 aliphatic carbocycles. The Bertz CT molecular complexity index is 615. The summed E-state index contributed by atoms with van der Waals surface area (Å²) >= 11 is 0. The fourth-order valence-corrected chi connectivity index (χ4v) is 6.62. The average Bonchev–Trinajstić information content (AvgIpc) is 2.48. The first-order chi connectivity index (χ1) is 10.0. The van der Waals surface area contributed by atoms with E-state index in [1.807, 2.05) is 67.6 Å². The van der Waals surface area contributed by atoms with Crippen molar-refractivity contribution in [2.45, 2.75) is 34.1 Å². The quantitative estimate of drug-likeness (QED) is 0.651. The largest absolute Gasteiger partial charge is 0.315 e. The first-order valence-electron chi connectivity index (χ1n) is 6.83. The van der Waals surface area contributed by atoms with Crippen LogP contribution in [0.4, 0.5) is 0 Å². The van der Waals surface area contributed by atoms with E-state index in [-0.39, 0.29) is 0 Å². The van der Waals surface area contributed by atoms with E-state index in [2.05, 4.69) is 0 Å². The normalized spacial score (nSPS) is 13.3. The monoisotopic (exact) mass is 323 g/mol. The molecule has 21 heavy (non-hydrogen) atoms. The molecule has 2 rings (SSSR count). The maximum atomic E-state index is 11.9. The van der Waals surface area contributed by atoms with Crippen LogP contribution in [0.2, 0.25) is 0 Å². The maximum Gasteiger partial charge on any atom is 0.315 e. The summed E-state index contributed by atoms with van der Waals surface area (Å²) in [7, 11) is -4.81. The molecule has 0 heterocycles. The zero-order chi connectivity index (χ0) is 15.3. The lowest BCUT2D eigenvalue weighted by atomic mass is 10.4. The molecule has 0 aromatic heterocycles. The van der Waals surface area contributed by atoms with Crippen LogP contribution in [-0.4, -0.2) is 17.6 Å². The lowest BCUT2D eigenvalue weighted by Crippen LogP contribution is -2.30. The third-order valence-corrected chi connectivity index (χ3v) is 7.64. The van der Waals surface area contributed by atoms with Gasteiger partial charge in [0.05, 0.1) is 10.9 Å². The molecule has 1 N–H and O–H groups in total. The number of rotatable bonds is 6. The average molecular weight is 323 g/mol. The van der Waals surface area contributed by atoms with Crippen LogP contribution < -0.4 is 0 Å². The molecule has 0 saturated carbocycles. The first-order valence-corrected chi connectivity index (χ1v) is 9.62. The molecule has 0 amide bonds. The summed E-state index contributed by atoms with van der Waals surface area (Å²) in [4.78, 5) is 1.86. The molecule has 112 valence electrons. The van der Waals surface area contributed by atoms with E-state index in [9.17, 15) is 13.0 Å². The first kappa shape index (κ1) is 16.1. The van der Waals surface area contributed by atoms with Gasteiger partial charge in [-0.1, -0.05) is 49.7 Å². The van der Waals surface area contributed by atoms with E-state index in [1.54, 1.807) is 0 Å². The summed E-state index contributed by atoms with van der Waals surface area (Å²) in [5.74, 6) is 0. The van der Waals surface area contributed by atoms with Crippen molar-refractivity contribution in [3.8, 4) is 0 Å². The van der Waals surface area contributed by atoms with Crippen LogP contribution in [0.3, 0.4) is 0 Å². The van der Waals surface area contributed by atoms with Crippen molar-refractivity contribution >= 4 is 21.0 Å². The summed E-state index contributed by atoms with van der Waals surface area (Å²) < 4.78 is 32.6. The molecule has 0 aliphatic rings. The number of benzene rings is 2. The topological polar surface area (TPSA) is 54.4 Å². The van der Waals surface area contributed by atoms with Gasteiger partial charge < -0.3 is 0 Å². The Morgan fingerprint density at radius 1 is 0.952 bits per heavy atom. The van der Waals surface area contributed by atoms with Gasteiger partial charge in [-0.15, -0.1) is 0 Å². The maximum absolute atomic E-state index is 11.9. The minimum Gasteiger partial charge on any atom is -0.282 e. The zero-order valence-corrected chi connectivity index (χ0v) is 13.5. The van der Waals surface area contributed by atoms with E-state index in [4.69, 9.17) is 0 Å². The van der Waals surface area contributed by atoms with Gasteiger partial charge in [-0.3, -0.25) is 4.55 Å². The van der Waals surface area contributed by atoms with Crippen molar-refractivity contribution in [3.05, 3.63) is 60.7 Å². The third kappa shape index (κ3) is 4.09. The summed E-state index contributed by atoms with van der Waals surface area (Å²) in [5.41, 5.74) is 0. The van der Waals surface area contributed by atoms with Crippen LogP contribution >= 0.6 is 0 Å². The highest BCUT2D eigenvalue weighted by molar-refractivity contribution is 8.09. The second-order valence-corrected chi connectivity index (χ2v) is 8.78. The molecular weight excluding hydrogens is 304 g/mol. The van der Waals surface area contributed by atoms with Crippen molar-refractivity contribution in [1.29, 1.82) is 0 Å². The van der Waals surface area contributed by atoms with E-state index in [1.165, 1.54) is 0 Å². The van der Waals surface area contributed by atoms with Crippen LogP contribution in [0.5, 0.6) is 0 Å². The predicted octanol–water partition coefficient (Wildman–Crippen LogP) is 3.74. The summed E-state index contributed by atoms with van der Waals surface area (Å²) in [6.45, 7) is 1.93. The molecule has 2 aromatic rings. The van der Waals surface area contributed by atoms with Crippen molar-refractivity contribution in [2.24, 2.45) is 0 Å². The minimum atomic E-state index is -4.11. The second kappa shape index (κ2) is 7.11. The van der Waals surface area contributed by atoms with Crippen molar-refractivity contribution in [2.75, 3.05) is 0 Å². The van der Waals surface area contributed by atoms with Crippen LogP contribution in [0.25, 0.3) is 0 Å². The van der Waals surface area contributed by atoms with Crippen LogP contribution in [0.15, 0.2) is 70.5 Å². The minimum absolute atomic E-state index is 0.436. The van der Waals surface area contributed by atoms with Gasteiger partial charge in [0.1, 0.15) is 0 Å². The SMILES string of the molecule is CCCC([S+](c1ccccc1)c1ccccc1)S(=O)(=O)O. The number of hydrogen-bond donors (Lipinski definition) is 1. The van der Waals surface area contributed by atoms with E-state index in [0.29, 0.717) is 12.8 Å². The molecule has 0 fully saturated rings. The van der Waals surface area contributed by atoms with Gasteiger partial charge in [0.25, 0.3) is 4.58 Å². The Balaban J connectivity index is 2.55. The summed E-state index contributed by atoms with van der Waals surface area (Å²) in [6.07, 6.45) is 1.14. The van der Waals surface area contributed by atoms with E-state index < -0.39 is 25.6 Å². The highest BCUT2D eigenvalue weighted by atomic mass is 32.3. The molecular formula is C16H19O3S2+. The van der Waals surface area contributed by atoms with Gasteiger partial charge in [0.2, 0.25) is 0 Å². The van der Waals surface area contributed by atoms with Gasteiger partial charge in [-0.05, 0) is 24.3 Å². The highest BCUT2D eigenvalue weighted by Crippen LogP contribution is 2.32. The Morgan fingerprint density at radius 3 is 1.71 bits per heavy atom. The molecule has 2 aromatic carbocycles. The van der Waals surface area contributed by atoms with Crippen molar-refractivity contribution in [3.63, 3.8) is 0 Å². The molecule has 0 radical (unpaired) electrons. The Kier molecular flexibility index (Phi) is 5.45. The lowest BCUT2D eigenvalue weighted by molar-refractivity contribution is 0.476. The molecule has 0 bridgehead atoms. The zero-order valence-electron chi connectivity index (χ0n) is 11.8. The van der Waals surface area contributed by atoms with Gasteiger partial charge in [-0.25, -0.2) is 0 Å². The second-order valence-electron chi connectivity index (χ2n) is 4.70. The molecule has 3 nitrogen and oxygen atoms in total. The molecule has 5 heteroatoms. The van der Waals surface area contributed by atoms with Crippen LogP contribution in [-0.2, 0) is 21.0 Å². The molecule has 0 spiro atoms. The Hall–Kier alpha value is -1.30. The van der Waals surface area contributed by atoms with E-state index >= 15 is 0 Å². The van der Waals surface area contributed by atoms with Gasteiger partial charge in [0.15, 0.2) is 9.79 Å². The fraction of sp³-hybridized carbons (Fsp3) is 0.250. The Morgan fingerprint density at radius 2 is 1.38 bits per heavy atom. The molecule has 1 atom stereocenters. The highest BCUT2D eigenvalue weighted by Gasteiger charge is 2.43. The smallest absolute Gasteiger partial charge is 0.282 e. The Labute approximate surface area is 129 Å². The van der Waals surface area contributed by atoms with Crippen LogP contribution in [0.1, 0.15) is 19.8 Å². The van der Waals surface area contributed by atoms with E-state index in [0.717, 1.165) is 9.79 Å².